The van der Waals surface area contributed by atoms with Gasteiger partial charge in [0, 0.05) is 0 Å². The molecular weight excluding hydrogens is 220 g/mol. The Kier molecular flexibility index (Phi) is 2.67. The SMILES string of the molecule is CC(C)(c1ccccc1)c1nc(C(=O)O)no1. The fourth-order valence-corrected chi connectivity index (χ4v) is 1.54. The number of hydrogen-bond donors (Lipinski definition) is 1. The largest absolute Gasteiger partial charge is 0.475 e. The number of carbonyl (C=O) groups is 1. The summed E-state index contributed by atoms with van der Waals surface area (Å²) in [7, 11) is 0. The van der Waals surface area contributed by atoms with Crippen LogP contribution in [0.1, 0.15) is 35.9 Å². The van der Waals surface area contributed by atoms with Crippen molar-refractivity contribution in [2.75, 3.05) is 0 Å². The first-order valence-electron chi connectivity index (χ1n) is 5.15. The van der Waals surface area contributed by atoms with Crippen molar-refractivity contribution >= 4 is 5.97 Å². The molecule has 1 aromatic heterocycles. The van der Waals surface area contributed by atoms with Crippen molar-refractivity contribution in [1.82, 2.24) is 10.1 Å². The van der Waals surface area contributed by atoms with Crippen LogP contribution in [0.4, 0.5) is 0 Å². The summed E-state index contributed by atoms with van der Waals surface area (Å²) in [6, 6.07) is 9.60. The van der Waals surface area contributed by atoms with Crippen LogP contribution >= 0.6 is 0 Å². The molecule has 0 aliphatic heterocycles. The maximum Gasteiger partial charge on any atom is 0.377 e. The molecule has 2 aromatic rings. The molecule has 0 spiro atoms. The molecule has 2 rings (SSSR count). The predicted octanol–water partition coefficient (Wildman–Crippen LogP) is 2.09. The number of nitrogens with zero attached hydrogens (tertiary/aromatic N) is 2. The molecule has 0 bridgehead atoms. The van der Waals surface area contributed by atoms with E-state index in [2.05, 4.69) is 10.1 Å². The second-order valence-corrected chi connectivity index (χ2v) is 4.22. The third-order valence-electron chi connectivity index (χ3n) is 2.65. The van der Waals surface area contributed by atoms with Gasteiger partial charge in [-0.1, -0.05) is 30.3 Å². The summed E-state index contributed by atoms with van der Waals surface area (Å²) in [4.78, 5) is 14.6. The Labute approximate surface area is 98.1 Å². The fraction of sp³-hybridized carbons (Fsp3) is 0.250. The van der Waals surface area contributed by atoms with E-state index in [4.69, 9.17) is 9.63 Å². The first-order chi connectivity index (χ1) is 8.01. The maximum absolute atomic E-state index is 10.7. The van der Waals surface area contributed by atoms with Crippen LogP contribution in [0.15, 0.2) is 34.9 Å². The van der Waals surface area contributed by atoms with E-state index in [0.29, 0.717) is 5.89 Å². The molecule has 0 saturated carbocycles. The van der Waals surface area contributed by atoms with Crippen molar-refractivity contribution in [1.29, 1.82) is 0 Å². The molecule has 0 amide bonds. The summed E-state index contributed by atoms with van der Waals surface area (Å²) < 4.78 is 5.00. The van der Waals surface area contributed by atoms with Crippen LogP contribution in [0.2, 0.25) is 0 Å². The molecule has 5 heteroatoms. The number of benzene rings is 1. The van der Waals surface area contributed by atoms with E-state index in [1.807, 2.05) is 44.2 Å². The Hall–Kier alpha value is -2.17. The lowest BCUT2D eigenvalue weighted by Gasteiger charge is -2.19. The monoisotopic (exact) mass is 232 g/mol. The minimum Gasteiger partial charge on any atom is -0.475 e. The molecule has 0 unspecified atom stereocenters. The summed E-state index contributed by atoms with van der Waals surface area (Å²) in [5.74, 6) is -1.21. The zero-order valence-corrected chi connectivity index (χ0v) is 9.54. The van der Waals surface area contributed by atoms with Gasteiger partial charge in [0.15, 0.2) is 0 Å². The van der Waals surface area contributed by atoms with Gasteiger partial charge in [0.05, 0.1) is 5.41 Å². The van der Waals surface area contributed by atoms with Crippen LogP contribution in [0.3, 0.4) is 0 Å². The van der Waals surface area contributed by atoms with E-state index in [0.717, 1.165) is 5.56 Å². The maximum atomic E-state index is 10.7. The number of rotatable bonds is 3. The van der Waals surface area contributed by atoms with Gasteiger partial charge in [0.25, 0.3) is 5.82 Å². The molecule has 0 fully saturated rings. The second-order valence-electron chi connectivity index (χ2n) is 4.22. The molecule has 0 saturated heterocycles. The summed E-state index contributed by atoms with van der Waals surface area (Å²) in [5.41, 5.74) is 0.475. The summed E-state index contributed by atoms with van der Waals surface area (Å²) in [6.07, 6.45) is 0. The summed E-state index contributed by atoms with van der Waals surface area (Å²) >= 11 is 0. The van der Waals surface area contributed by atoms with Gasteiger partial charge >= 0.3 is 5.97 Å². The van der Waals surface area contributed by atoms with Crippen molar-refractivity contribution in [2.24, 2.45) is 0 Å². The number of carboxylic acid groups (broad SMARTS) is 1. The molecule has 88 valence electrons. The lowest BCUT2D eigenvalue weighted by atomic mass is 9.84. The Bertz CT molecular complexity index is 532. The first kappa shape index (κ1) is 11.3. The molecule has 0 atom stereocenters. The number of aromatic carboxylic acids is 1. The van der Waals surface area contributed by atoms with Gasteiger partial charge in [0.1, 0.15) is 0 Å². The van der Waals surface area contributed by atoms with E-state index in [1.54, 1.807) is 0 Å². The normalized spacial score (nSPS) is 11.4. The minimum absolute atomic E-state index is 0.293. The van der Waals surface area contributed by atoms with E-state index in [9.17, 15) is 4.79 Å². The molecule has 1 aromatic carbocycles. The van der Waals surface area contributed by atoms with Crippen molar-refractivity contribution in [3.8, 4) is 0 Å². The lowest BCUT2D eigenvalue weighted by Crippen LogP contribution is -2.19. The van der Waals surface area contributed by atoms with E-state index in [1.165, 1.54) is 0 Å². The van der Waals surface area contributed by atoms with Gasteiger partial charge in [0.2, 0.25) is 5.89 Å². The topological polar surface area (TPSA) is 76.2 Å². The van der Waals surface area contributed by atoms with E-state index in [-0.39, 0.29) is 5.82 Å². The van der Waals surface area contributed by atoms with Crippen LogP contribution in [-0.2, 0) is 5.41 Å². The Morgan fingerprint density at radius 1 is 1.29 bits per heavy atom. The van der Waals surface area contributed by atoms with Gasteiger partial charge in [-0.05, 0) is 24.6 Å². The molecule has 0 radical (unpaired) electrons. The highest BCUT2D eigenvalue weighted by molar-refractivity contribution is 5.82. The van der Waals surface area contributed by atoms with Crippen LogP contribution in [-0.4, -0.2) is 21.2 Å². The average molecular weight is 232 g/mol. The zero-order valence-electron chi connectivity index (χ0n) is 9.54. The standard InChI is InChI=1S/C12H12N2O3/c1-12(2,8-6-4-3-5-7-8)11-13-9(10(15)16)14-17-11/h3-7H,1-2H3,(H,15,16). The van der Waals surface area contributed by atoms with Gasteiger partial charge in [-0.25, -0.2) is 4.79 Å². The third kappa shape index (κ3) is 2.04. The average Bonchev–Trinajstić information content (AvgIpc) is 2.80. The molecule has 0 aliphatic rings. The molecule has 0 aliphatic carbocycles. The Morgan fingerprint density at radius 2 is 1.94 bits per heavy atom. The number of carboxylic acids is 1. The summed E-state index contributed by atoms with van der Waals surface area (Å²) in [5, 5.41) is 12.2. The number of aromatic nitrogens is 2. The highest BCUT2D eigenvalue weighted by atomic mass is 16.5. The summed E-state index contributed by atoms with van der Waals surface area (Å²) in [6.45, 7) is 3.81. The van der Waals surface area contributed by atoms with Crippen molar-refractivity contribution in [3.05, 3.63) is 47.6 Å². The van der Waals surface area contributed by atoms with Gasteiger partial charge < -0.3 is 9.63 Å². The zero-order chi connectivity index (χ0) is 12.5. The third-order valence-corrected chi connectivity index (χ3v) is 2.65. The predicted molar refractivity (Wildman–Crippen MR) is 59.8 cm³/mol. The first-order valence-corrected chi connectivity index (χ1v) is 5.15. The molecule has 1 heterocycles. The van der Waals surface area contributed by atoms with Crippen molar-refractivity contribution in [3.63, 3.8) is 0 Å². The Balaban J connectivity index is 2.41. The molecule has 5 nitrogen and oxygen atoms in total. The molecule has 17 heavy (non-hydrogen) atoms. The second kappa shape index (κ2) is 4.01. The van der Waals surface area contributed by atoms with Gasteiger partial charge in [-0.3, -0.25) is 0 Å². The van der Waals surface area contributed by atoms with Gasteiger partial charge in [-0.15, -0.1) is 0 Å². The highest BCUT2D eigenvalue weighted by Crippen LogP contribution is 2.29. The Morgan fingerprint density at radius 3 is 2.47 bits per heavy atom. The van der Waals surface area contributed by atoms with Crippen molar-refractivity contribution < 1.29 is 14.4 Å². The van der Waals surface area contributed by atoms with Crippen molar-refractivity contribution in [2.45, 2.75) is 19.3 Å². The number of hydrogen-bond acceptors (Lipinski definition) is 4. The molecule has 1 N–H and O–H groups in total. The quantitative estimate of drug-likeness (QED) is 0.876. The smallest absolute Gasteiger partial charge is 0.377 e. The minimum atomic E-state index is -1.19. The fourth-order valence-electron chi connectivity index (χ4n) is 1.54. The van der Waals surface area contributed by atoms with Gasteiger partial charge in [-0.2, -0.15) is 4.98 Å². The van der Waals surface area contributed by atoms with Crippen LogP contribution in [0, 0.1) is 0 Å². The van der Waals surface area contributed by atoms with E-state index < -0.39 is 11.4 Å². The highest BCUT2D eigenvalue weighted by Gasteiger charge is 2.30. The van der Waals surface area contributed by atoms with Crippen LogP contribution in [0.5, 0.6) is 0 Å². The van der Waals surface area contributed by atoms with Crippen LogP contribution < -0.4 is 0 Å². The van der Waals surface area contributed by atoms with E-state index >= 15 is 0 Å². The molecular formula is C12H12N2O3. The lowest BCUT2D eigenvalue weighted by molar-refractivity contribution is 0.0680. The van der Waals surface area contributed by atoms with Crippen LogP contribution in [0.25, 0.3) is 0 Å².